The van der Waals surface area contributed by atoms with Crippen molar-refractivity contribution in [3.63, 3.8) is 0 Å². The van der Waals surface area contributed by atoms with E-state index in [0.29, 0.717) is 0 Å². The highest BCUT2D eigenvalue weighted by Crippen LogP contribution is 2.21. The Morgan fingerprint density at radius 2 is 1.44 bits per heavy atom. The summed E-state index contributed by atoms with van der Waals surface area (Å²) in [7, 11) is 0. The minimum Gasteiger partial charge on any atom is -0.368 e. The molecular weight excluding hydrogens is 336 g/mol. The van der Waals surface area contributed by atoms with Crippen LogP contribution in [0.15, 0.2) is 48.7 Å². The maximum atomic E-state index is 12.9. The lowest BCUT2D eigenvalue weighted by Crippen LogP contribution is -2.46. The van der Waals surface area contributed by atoms with Crippen molar-refractivity contribution in [2.75, 3.05) is 49.1 Å². The second kappa shape index (κ2) is 8.42. The molecule has 3 heterocycles. The molecule has 2 aromatic rings. The minimum absolute atomic E-state index is 0.156. The van der Waals surface area contributed by atoms with Crippen LogP contribution in [0.5, 0.6) is 0 Å². The molecule has 1 aromatic heterocycles. The quantitative estimate of drug-likeness (QED) is 0.837. The number of anilines is 2. The number of hydrogen-bond donors (Lipinski definition) is 0. The molecule has 1 aromatic carbocycles. The summed E-state index contributed by atoms with van der Waals surface area (Å²) in [5.74, 6) is 1.08. The number of rotatable bonds is 3. The van der Waals surface area contributed by atoms with Gasteiger partial charge < -0.3 is 14.7 Å². The third-order valence-corrected chi connectivity index (χ3v) is 5.61. The van der Waals surface area contributed by atoms with Gasteiger partial charge in [0, 0.05) is 56.7 Å². The monoisotopic (exact) mass is 364 g/mol. The van der Waals surface area contributed by atoms with Crippen LogP contribution < -0.4 is 9.80 Å². The molecule has 2 aliphatic rings. The predicted molar refractivity (Wildman–Crippen MR) is 109 cm³/mol. The van der Waals surface area contributed by atoms with Crippen LogP contribution in [0.3, 0.4) is 0 Å². The molecular formula is C22H28N4O. The number of hydrogen-bond acceptors (Lipinski definition) is 4. The molecule has 27 heavy (non-hydrogen) atoms. The van der Waals surface area contributed by atoms with Gasteiger partial charge in [0.15, 0.2) is 0 Å². The molecule has 2 fully saturated rings. The number of carbonyl (C=O) groups is 1. The van der Waals surface area contributed by atoms with Gasteiger partial charge in [-0.25, -0.2) is 4.98 Å². The topological polar surface area (TPSA) is 39.7 Å². The first-order valence-corrected chi connectivity index (χ1v) is 10.1. The van der Waals surface area contributed by atoms with Gasteiger partial charge in [0.1, 0.15) is 5.82 Å². The van der Waals surface area contributed by atoms with E-state index in [4.69, 9.17) is 0 Å². The lowest BCUT2D eigenvalue weighted by molar-refractivity contribution is 0.0761. The summed E-state index contributed by atoms with van der Waals surface area (Å²) in [6.45, 7) is 5.54. The maximum Gasteiger partial charge on any atom is 0.254 e. The van der Waals surface area contributed by atoms with E-state index in [1.165, 1.54) is 18.5 Å². The van der Waals surface area contributed by atoms with Crippen molar-refractivity contribution in [2.24, 2.45) is 0 Å². The first kappa shape index (κ1) is 17.8. The van der Waals surface area contributed by atoms with Crippen molar-refractivity contribution in [1.29, 1.82) is 0 Å². The maximum absolute atomic E-state index is 12.9. The molecule has 1 amide bonds. The Labute approximate surface area is 161 Å². The Balaban J connectivity index is 1.41. The number of piperazine rings is 1. The fourth-order valence-corrected chi connectivity index (χ4v) is 4.01. The fraction of sp³-hybridized carbons (Fsp3) is 0.455. The zero-order chi connectivity index (χ0) is 18.5. The molecule has 0 atom stereocenters. The van der Waals surface area contributed by atoms with Crippen LogP contribution in [0, 0.1) is 0 Å². The summed E-state index contributed by atoms with van der Waals surface area (Å²) in [6, 6.07) is 14.4. The van der Waals surface area contributed by atoms with Crippen molar-refractivity contribution in [3.05, 3.63) is 54.2 Å². The highest BCUT2D eigenvalue weighted by Gasteiger charge is 2.21. The lowest BCUT2D eigenvalue weighted by atomic mass is 10.2. The summed E-state index contributed by atoms with van der Waals surface area (Å²) in [6.07, 6.45) is 6.48. The fourth-order valence-electron chi connectivity index (χ4n) is 4.01. The highest BCUT2D eigenvalue weighted by atomic mass is 16.2. The Kier molecular flexibility index (Phi) is 5.56. The molecule has 0 aliphatic carbocycles. The van der Waals surface area contributed by atoms with Gasteiger partial charge in [-0.15, -0.1) is 0 Å². The molecule has 2 aliphatic heterocycles. The molecule has 0 bridgehead atoms. The molecule has 0 N–H and O–H groups in total. The number of para-hydroxylation sites is 1. The molecule has 4 rings (SSSR count). The molecule has 0 spiro atoms. The number of carbonyl (C=O) groups excluding carboxylic acids is 1. The van der Waals surface area contributed by atoms with E-state index < -0.39 is 0 Å². The van der Waals surface area contributed by atoms with Crippen molar-refractivity contribution in [3.8, 4) is 0 Å². The summed E-state index contributed by atoms with van der Waals surface area (Å²) < 4.78 is 0. The smallest absolute Gasteiger partial charge is 0.254 e. The van der Waals surface area contributed by atoms with E-state index in [2.05, 4.69) is 45.1 Å². The van der Waals surface area contributed by atoms with Gasteiger partial charge >= 0.3 is 0 Å². The summed E-state index contributed by atoms with van der Waals surface area (Å²) in [5, 5.41) is 0. The third-order valence-electron chi connectivity index (χ3n) is 5.61. The first-order valence-electron chi connectivity index (χ1n) is 10.1. The van der Waals surface area contributed by atoms with Gasteiger partial charge in [0.2, 0.25) is 0 Å². The number of pyridine rings is 1. The molecule has 0 radical (unpaired) electrons. The number of amides is 1. The minimum atomic E-state index is 0.156. The van der Waals surface area contributed by atoms with Crippen LogP contribution in [0.4, 0.5) is 11.5 Å². The first-order chi connectivity index (χ1) is 13.3. The van der Waals surface area contributed by atoms with Crippen molar-refractivity contribution in [1.82, 2.24) is 9.88 Å². The molecule has 0 saturated carbocycles. The van der Waals surface area contributed by atoms with Crippen molar-refractivity contribution < 1.29 is 4.79 Å². The van der Waals surface area contributed by atoms with Crippen LogP contribution in [-0.4, -0.2) is 55.1 Å². The second-order valence-electron chi connectivity index (χ2n) is 7.42. The molecule has 2 saturated heterocycles. The number of nitrogens with zero attached hydrogens (tertiary/aromatic N) is 4. The van der Waals surface area contributed by atoms with Gasteiger partial charge in [-0.1, -0.05) is 31.0 Å². The molecule has 5 nitrogen and oxygen atoms in total. The Morgan fingerprint density at radius 1 is 0.778 bits per heavy atom. The lowest BCUT2D eigenvalue weighted by Gasteiger charge is -2.36. The number of aromatic nitrogens is 1. The van der Waals surface area contributed by atoms with Gasteiger partial charge in [-0.05, 0) is 37.1 Å². The van der Waals surface area contributed by atoms with E-state index in [1.54, 1.807) is 6.20 Å². The van der Waals surface area contributed by atoms with E-state index >= 15 is 0 Å². The summed E-state index contributed by atoms with van der Waals surface area (Å²) in [5.41, 5.74) is 2.04. The van der Waals surface area contributed by atoms with Gasteiger partial charge in [0.25, 0.3) is 5.91 Å². The van der Waals surface area contributed by atoms with Crippen LogP contribution >= 0.6 is 0 Å². The Bertz CT molecular complexity index is 748. The molecule has 5 heteroatoms. The van der Waals surface area contributed by atoms with Crippen LogP contribution in [-0.2, 0) is 0 Å². The Morgan fingerprint density at radius 3 is 2.15 bits per heavy atom. The highest BCUT2D eigenvalue weighted by molar-refractivity contribution is 5.94. The number of likely N-dealkylation sites (tertiary alicyclic amines) is 1. The third kappa shape index (κ3) is 4.24. The average Bonchev–Trinajstić information content (AvgIpc) is 3.04. The van der Waals surface area contributed by atoms with Crippen LogP contribution in [0.25, 0.3) is 0 Å². The van der Waals surface area contributed by atoms with Crippen LogP contribution in [0.1, 0.15) is 36.0 Å². The van der Waals surface area contributed by atoms with Gasteiger partial charge in [-0.3, -0.25) is 4.79 Å². The predicted octanol–water partition coefficient (Wildman–Crippen LogP) is 3.42. The van der Waals surface area contributed by atoms with Gasteiger partial charge in [-0.2, -0.15) is 0 Å². The summed E-state index contributed by atoms with van der Waals surface area (Å²) >= 11 is 0. The van der Waals surface area contributed by atoms with Gasteiger partial charge in [0.05, 0.1) is 0 Å². The zero-order valence-electron chi connectivity index (χ0n) is 15.9. The average molecular weight is 364 g/mol. The van der Waals surface area contributed by atoms with E-state index in [1.807, 2.05) is 17.0 Å². The molecule has 0 unspecified atom stereocenters. The van der Waals surface area contributed by atoms with E-state index in [-0.39, 0.29) is 5.91 Å². The largest absolute Gasteiger partial charge is 0.368 e. The Hall–Kier alpha value is -2.56. The van der Waals surface area contributed by atoms with Crippen molar-refractivity contribution in [2.45, 2.75) is 25.7 Å². The standard InChI is InChI=1S/C22H28N4O/c27-22(26-12-6-1-2-7-13-26)19-10-11-23-21(18-19)25-16-14-24(15-17-25)20-8-4-3-5-9-20/h3-5,8-11,18H,1-2,6-7,12-17H2. The number of benzene rings is 1. The second-order valence-corrected chi connectivity index (χ2v) is 7.42. The molecule has 142 valence electrons. The normalized spacial score (nSPS) is 18.3. The van der Waals surface area contributed by atoms with Crippen molar-refractivity contribution >= 4 is 17.4 Å². The summed E-state index contributed by atoms with van der Waals surface area (Å²) in [4.78, 5) is 24.1. The van der Waals surface area contributed by atoms with Crippen LogP contribution in [0.2, 0.25) is 0 Å². The van der Waals surface area contributed by atoms with E-state index in [9.17, 15) is 4.79 Å². The zero-order valence-corrected chi connectivity index (χ0v) is 15.9. The van der Waals surface area contributed by atoms with E-state index in [0.717, 1.165) is 63.5 Å². The SMILES string of the molecule is O=C(c1ccnc(N2CCN(c3ccccc3)CC2)c1)N1CCCCCC1.